The van der Waals surface area contributed by atoms with Crippen molar-refractivity contribution in [1.29, 1.82) is 0 Å². The second-order valence-electron chi connectivity index (χ2n) is 6.14. The van der Waals surface area contributed by atoms with Crippen LogP contribution >= 0.6 is 0 Å². The number of carbonyl (C=O) groups excluding carboxylic acids is 2. The first-order valence-electron chi connectivity index (χ1n) is 8.86. The molecule has 0 unspecified atom stereocenters. The Morgan fingerprint density at radius 3 is 2.46 bits per heavy atom. The van der Waals surface area contributed by atoms with Crippen LogP contribution in [0.5, 0.6) is 5.75 Å². The van der Waals surface area contributed by atoms with Gasteiger partial charge < -0.3 is 15.4 Å². The maximum atomic E-state index is 12.5. The summed E-state index contributed by atoms with van der Waals surface area (Å²) in [6.45, 7) is 2.39. The van der Waals surface area contributed by atoms with Crippen LogP contribution in [0.15, 0.2) is 54.6 Å². The zero-order valence-corrected chi connectivity index (χ0v) is 15.3. The monoisotopic (exact) mass is 354 g/mol. The van der Waals surface area contributed by atoms with Gasteiger partial charge in [0, 0.05) is 6.54 Å². The van der Waals surface area contributed by atoms with Crippen LogP contribution in [-0.4, -0.2) is 25.0 Å². The van der Waals surface area contributed by atoms with E-state index < -0.39 is 6.04 Å². The van der Waals surface area contributed by atoms with Crippen molar-refractivity contribution in [3.63, 3.8) is 0 Å². The largest absolute Gasteiger partial charge is 0.497 e. The zero-order chi connectivity index (χ0) is 18.8. The fourth-order valence-corrected chi connectivity index (χ4v) is 2.68. The molecule has 138 valence electrons. The molecule has 2 N–H and O–H groups in total. The maximum absolute atomic E-state index is 12.5. The van der Waals surface area contributed by atoms with Gasteiger partial charge in [0.15, 0.2) is 0 Å². The third-order valence-corrected chi connectivity index (χ3v) is 4.04. The second kappa shape index (κ2) is 10.2. The summed E-state index contributed by atoms with van der Waals surface area (Å²) in [6, 6.07) is 16.5. The van der Waals surface area contributed by atoms with E-state index >= 15 is 0 Å². The first kappa shape index (κ1) is 19.5. The van der Waals surface area contributed by atoms with Gasteiger partial charge in [0.2, 0.25) is 11.8 Å². The van der Waals surface area contributed by atoms with Gasteiger partial charge in [-0.1, -0.05) is 55.8 Å². The fraction of sp³-hybridized carbons (Fsp3) is 0.333. The molecule has 0 saturated carbocycles. The molecule has 26 heavy (non-hydrogen) atoms. The van der Waals surface area contributed by atoms with Crippen molar-refractivity contribution in [2.24, 2.45) is 0 Å². The van der Waals surface area contributed by atoms with Crippen molar-refractivity contribution >= 4 is 11.8 Å². The average molecular weight is 354 g/mol. The van der Waals surface area contributed by atoms with Crippen molar-refractivity contribution in [2.45, 2.75) is 38.8 Å². The molecule has 2 aromatic rings. The highest BCUT2D eigenvalue weighted by molar-refractivity contribution is 5.88. The van der Waals surface area contributed by atoms with Crippen molar-refractivity contribution in [3.05, 3.63) is 65.7 Å². The Hall–Kier alpha value is -2.82. The van der Waals surface area contributed by atoms with Crippen LogP contribution in [0.1, 0.15) is 30.9 Å². The van der Waals surface area contributed by atoms with E-state index in [4.69, 9.17) is 4.74 Å². The molecule has 0 saturated heterocycles. The Morgan fingerprint density at radius 1 is 1.04 bits per heavy atom. The summed E-state index contributed by atoms with van der Waals surface area (Å²) in [6.07, 6.45) is 1.68. The molecule has 0 aromatic heterocycles. The normalized spacial score (nSPS) is 11.5. The molecule has 0 spiro atoms. The zero-order valence-electron chi connectivity index (χ0n) is 15.3. The molecule has 2 amide bonds. The SMILES string of the molecule is CCC[C@H](NC(=O)Cc1ccccc1)C(=O)NCc1cccc(OC)c1. The number of hydrogen-bond donors (Lipinski definition) is 2. The minimum Gasteiger partial charge on any atom is -0.497 e. The predicted molar refractivity (Wildman–Crippen MR) is 102 cm³/mol. The third-order valence-electron chi connectivity index (χ3n) is 4.04. The Morgan fingerprint density at radius 2 is 1.77 bits per heavy atom. The molecule has 0 heterocycles. The molecule has 5 nitrogen and oxygen atoms in total. The van der Waals surface area contributed by atoms with Crippen molar-refractivity contribution in [2.75, 3.05) is 7.11 Å². The van der Waals surface area contributed by atoms with Gasteiger partial charge in [-0.15, -0.1) is 0 Å². The Balaban J connectivity index is 1.90. The van der Waals surface area contributed by atoms with Gasteiger partial charge in [0.1, 0.15) is 11.8 Å². The van der Waals surface area contributed by atoms with E-state index in [1.807, 2.05) is 61.5 Å². The second-order valence-corrected chi connectivity index (χ2v) is 6.14. The summed E-state index contributed by atoms with van der Waals surface area (Å²) in [5.74, 6) is 0.431. The van der Waals surface area contributed by atoms with Crippen LogP contribution in [-0.2, 0) is 22.6 Å². The highest BCUT2D eigenvalue weighted by Gasteiger charge is 2.19. The number of benzene rings is 2. The molecule has 0 bridgehead atoms. The fourth-order valence-electron chi connectivity index (χ4n) is 2.68. The Bertz CT molecular complexity index is 716. The topological polar surface area (TPSA) is 67.4 Å². The summed E-state index contributed by atoms with van der Waals surface area (Å²) in [4.78, 5) is 24.7. The summed E-state index contributed by atoms with van der Waals surface area (Å²) >= 11 is 0. The van der Waals surface area contributed by atoms with E-state index in [0.29, 0.717) is 13.0 Å². The molecule has 0 aliphatic carbocycles. The van der Waals surface area contributed by atoms with Gasteiger partial charge in [-0.25, -0.2) is 0 Å². The lowest BCUT2D eigenvalue weighted by atomic mass is 10.1. The number of amides is 2. The third kappa shape index (κ3) is 6.24. The van der Waals surface area contributed by atoms with Gasteiger partial charge in [-0.2, -0.15) is 0 Å². The van der Waals surface area contributed by atoms with E-state index in [9.17, 15) is 9.59 Å². The number of methoxy groups -OCH3 is 1. The van der Waals surface area contributed by atoms with Gasteiger partial charge in [-0.05, 0) is 29.7 Å². The van der Waals surface area contributed by atoms with E-state index in [0.717, 1.165) is 23.3 Å². The van der Waals surface area contributed by atoms with E-state index in [-0.39, 0.29) is 18.2 Å². The van der Waals surface area contributed by atoms with E-state index in [2.05, 4.69) is 10.6 Å². The van der Waals surface area contributed by atoms with Gasteiger partial charge in [-0.3, -0.25) is 9.59 Å². The molecule has 2 aromatic carbocycles. The number of nitrogens with one attached hydrogen (secondary N) is 2. The van der Waals surface area contributed by atoms with Crippen LogP contribution in [0.4, 0.5) is 0 Å². The first-order chi connectivity index (χ1) is 12.6. The first-order valence-corrected chi connectivity index (χ1v) is 8.86. The lowest BCUT2D eigenvalue weighted by molar-refractivity contribution is -0.129. The number of rotatable bonds is 9. The number of ether oxygens (including phenoxy) is 1. The summed E-state index contributed by atoms with van der Waals surface area (Å²) in [5.41, 5.74) is 1.88. The van der Waals surface area contributed by atoms with Crippen LogP contribution in [0.2, 0.25) is 0 Å². The minimum atomic E-state index is -0.526. The minimum absolute atomic E-state index is 0.147. The van der Waals surface area contributed by atoms with Gasteiger partial charge in [0.25, 0.3) is 0 Å². The van der Waals surface area contributed by atoms with Crippen molar-refractivity contribution < 1.29 is 14.3 Å². The number of carbonyl (C=O) groups is 2. The lowest BCUT2D eigenvalue weighted by Gasteiger charge is -2.18. The summed E-state index contributed by atoms with van der Waals surface area (Å²) < 4.78 is 5.19. The molecular formula is C21H26N2O3. The van der Waals surface area contributed by atoms with Crippen molar-refractivity contribution in [1.82, 2.24) is 10.6 Å². The van der Waals surface area contributed by atoms with Crippen LogP contribution in [0, 0.1) is 0 Å². The lowest BCUT2D eigenvalue weighted by Crippen LogP contribution is -2.46. The summed E-state index contributed by atoms with van der Waals surface area (Å²) in [5, 5.41) is 5.74. The van der Waals surface area contributed by atoms with Gasteiger partial charge >= 0.3 is 0 Å². The van der Waals surface area contributed by atoms with Crippen LogP contribution in [0.25, 0.3) is 0 Å². The molecule has 0 fully saturated rings. The summed E-state index contributed by atoms with van der Waals surface area (Å²) in [7, 11) is 1.61. The molecule has 0 radical (unpaired) electrons. The maximum Gasteiger partial charge on any atom is 0.242 e. The smallest absolute Gasteiger partial charge is 0.242 e. The predicted octanol–water partition coefficient (Wildman–Crippen LogP) is 2.84. The Kier molecular flexibility index (Phi) is 7.68. The number of hydrogen-bond acceptors (Lipinski definition) is 3. The quantitative estimate of drug-likeness (QED) is 0.728. The molecule has 5 heteroatoms. The van der Waals surface area contributed by atoms with Crippen LogP contribution in [0.3, 0.4) is 0 Å². The highest BCUT2D eigenvalue weighted by atomic mass is 16.5. The molecular weight excluding hydrogens is 328 g/mol. The van der Waals surface area contributed by atoms with Gasteiger partial charge in [0.05, 0.1) is 13.5 Å². The molecule has 1 atom stereocenters. The highest BCUT2D eigenvalue weighted by Crippen LogP contribution is 2.12. The molecule has 0 aliphatic heterocycles. The molecule has 2 rings (SSSR count). The van der Waals surface area contributed by atoms with E-state index in [1.54, 1.807) is 7.11 Å². The Labute approximate surface area is 154 Å². The average Bonchev–Trinajstić information content (AvgIpc) is 2.66. The van der Waals surface area contributed by atoms with E-state index in [1.165, 1.54) is 0 Å². The van der Waals surface area contributed by atoms with Crippen LogP contribution < -0.4 is 15.4 Å². The molecule has 0 aliphatic rings. The van der Waals surface area contributed by atoms with Crippen molar-refractivity contribution in [3.8, 4) is 5.75 Å². The standard InChI is InChI=1S/C21H26N2O3/c1-3-8-19(23-20(24)14-16-9-5-4-6-10-16)21(25)22-15-17-11-7-12-18(13-17)26-2/h4-7,9-13,19H,3,8,14-15H2,1-2H3,(H,22,25)(H,23,24)/t19-/m0/s1.